The van der Waals surface area contributed by atoms with Crippen molar-refractivity contribution in [2.24, 2.45) is 5.14 Å². The third-order valence-electron chi connectivity index (χ3n) is 4.22. The summed E-state index contributed by atoms with van der Waals surface area (Å²) in [5, 5.41) is 7.89. The molecule has 0 radical (unpaired) electrons. The highest BCUT2D eigenvalue weighted by molar-refractivity contribution is 7.89. The minimum Gasteiger partial charge on any atom is -0.449 e. The number of hydrogen-bond donors (Lipinski definition) is 2. The molecule has 0 saturated heterocycles. The van der Waals surface area contributed by atoms with Crippen LogP contribution in [0.3, 0.4) is 0 Å². The molecule has 0 aliphatic rings. The van der Waals surface area contributed by atoms with Gasteiger partial charge < -0.3 is 10.1 Å². The summed E-state index contributed by atoms with van der Waals surface area (Å²) in [5.41, 5.74) is 2.53. The Morgan fingerprint density at radius 2 is 1.70 bits per heavy atom. The zero-order chi connectivity index (χ0) is 20.4. The number of para-hydroxylation sites is 1. The van der Waals surface area contributed by atoms with Gasteiger partial charge in [0.15, 0.2) is 6.10 Å². The smallest absolute Gasteiger partial charge is 0.338 e. The number of ether oxygens (including phenoxy) is 1. The third-order valence-corrected chi connectivity index (χ3v) is 5.26. The van der Waals surface area contributed by atoms with Gasteiger partial charge >= 0.3 is 5.97 Å². The summed E-state index contributed by atoms with van der Waals surface area (Å²) in [7, 11) is -3.99. The zero-order valence-corrected chi connectivity index (χ0v) is 16.4. The number of carbonyl (C=O) groups excluding carboxylic acids is 2. The molecule has 0 aliphatic heterocycles. The van der Waals surface area contributed by atoms with Crippen LogP contribution in [0, 0.1) is 20.8 Å². The molecule has 8 heteroatoms. The largest absolute Gasteiger partial charge is 0.449 e. The number of rotatable bonds is 5. The molecule has 0 heterocycles. The van der Waals surface area contributed by atoms with Gasteiger partial charge in [0.1, 0.15) is 0 Å². The van der Waals surface area contributed by atoms with Crippen LogP contribution in [0.15, 0.2) is 41.3 Å². The Morgan fingerprint density at radius 3 is 2.30 bits per heavy atom. The number of aryl methyl sites for hydroxylation is 2. The van der Waals surface area contributed by atoms with Gasteiger partial charge in [0, 0.05) is 5.69 Å². The van der Waals surface area contributed by atoms with Crippen molar-refractivity contribution in [3.63, 3.8) is 0 Å². The van der Waals surface area contributed by atoms with E-state index in [4.69, 9.17) is 9.88 Å². The molecule has 2 aromatic rings. The topological polar surface area (TPSA) is 116 Å². The van der Waals surface area contributed by atoms with Crippen LogP contribution in [-0.2, 0) is 19.6 Å². The number of nitrogens with one attached hydrogen (secondary N) is 1. The van der Waals surface area contributed by atoms with Crippen LogP contribution in [0.5, 0.6) is 0 Å². The summed E-state index contributed by atoms with van der Waals surface area (Å²) in [6, 6.07) is 9.87. The molecule has 0 aliphatic carbocycles. The van der Waals surface area contributed by atoms with Crippen LogP contribution in [0.25, 0.3) is 0 Å². The van der Waals surface area contributed by atoms with E-state index in [1.165, 1.54) is 13.0 Å². The average molecular weight is 390 g/mol. The summed E-state index contributed by atoms with van der Waals surface area (Å²) < 4.78 is 28.6. The summed E-state index contributed by atoms with van der Waals surface area (Å²) >= 11 is 0. The molecule has 2 rings (SSSR count). The van der Waals surface area contributed by atoms with Crippen molar-refractivity contribution in [3.8, 4) is 0 Å². The summed E-state index contributed by atoms with van der Waals surface area (Å²) in [4.78, 5) is 24.5. The predicted octanol–water partition coefficient (Wildman–Crippen LogP) is 2.44. The first-order valence-electron chi connectivity index (χ1n) is 8.22. The first kappa shape index (κ1) is 20.6. The molecule has 0 spiro atoms. The first-order chi connectivity index (χ1) is 12.5. The lowest BCUT2D eigenvalue weighted by molar-refractivity contribution is -0.123. The lowest BCUT2D eigenvalue weighted by Crippen LogP contribution is -2.30. The van der Waals surface area contributed by atoms with Crippen molar-refractivity contribution in [1.82, 2.24) is 0 Å². The van der Waals surface area contributed by atoms with Gasteiger partial charge in [0.05, 0.1) is 10.5 Å². The molecule has 27 heavy (non-hydrogen) atoms. The standard InChI is InChI=1S/C19H22N2O5S/c1-11-7-5-6-8-16(11)21-18(22)14(4)26-19(23)15-9-12(2)13(3)17(10-15)27(20,24)25/h5-10,14H,1-4H3,(H,21,22)(H2,20,24,25). The van der Waals surface area contributed by atoms with Crippen LogP contribution in [0.2, 0.25) is 0 Å². The van der Waals surface area contributed by atoms with E-state index in [-0.39, 0.29) is 10.5 Å². The van der Waals surface area contributed by atoms with Crippen LogP contribution in [0.1, 0.15) is 34.0 Å². The number of esters is 1. The molecule has 1 amide bonds. The monoisotopic (exact) mass is 390 g/mol. The van der Waals surface area contributed by atoms with Gasteiger partial charge in [-0.25, -0.2) is 18.4 Å². The quantitative estimate of drug-likeness (QED) is 0.761. The Morgan fingerprint density at radius 1 is 1.07 bits per heavy atom. The fourth-order valence-corrected chi connectivity index (χ4v) is 3.35. The second-order valence-corrected chi connectivity index (χ2v) is 7.84. The number of benzene rings is 2. The minimum absolute atomic E-state index is 0.0117. The Kier molecular flexibility index (Phi) is 6.02. The molecule has 0 bridgehead atoms. The number of amides is 1. The number of anilines is 1. The summed E-state index contributed by atoms with van der Waals surface area (Å²) in [6.07, 6.45) is -1.07. The fourth-order valence-electron chi connectivity index (χ4n) is 2.47. The number of primary sulfonamides is 1. The SMILES string of the molecule is Cc1ccccc1NC(=O)C(C)OC(=O)c1cc(C)c(C)c(S(N)(=O)=O)c1. The van der Waals surface area contributed by atoms with E-state index >= 15 is 0 Å². The minimum atomic E-state index is -3.99. The normalized spacial score (nSPS) is 12.3. The first-order valence-corrected chi connectivity index (χ1v) is 9.77. The average Bonchev–Trinajstić information content (AvgIpc) is 2.57. The van der Waals surface area contributed by atoms with E-state index in [1.807, 2.05) is 19.1 Å². The van der Waals surface area contributed by atoms with Crippen molar-refractivity contribution in [2.75, 3.05) is 5.32 Å². The molecular weight excluding hydrogens is 368 g/mol. The molecule has 7 nitrogen and oxygen atoms in total. The lowest BCUT2D eigenvalue weighted by atomic mass is 10.1. The van der Waals surface area contributed by atoms with Gasteiger partial charge in [0.25, 0.3) is 5.91 Å². The highest BCUT2D eigenvalue weighted by Crippen LogP contribution is 2.21. The maximum atomic E-state index is 12.4. The highest BCUT2D eigenvalue weighted by Gasteiger charge is 2.22. The third kappa shape index (κ3) is 4.93. The van der Waals surface area contributed by atoms with Crippen LogP contribution >= 0.6 is 0 Å². The van der Waals surface area contributed by atoms with E-state index in [0.29, 0.717) is 16.8 Å². The van der Waals surface area contributed by atoms with E-state index in [0.717, 1.165) is 11.6 Å². The molecule has 144 valence electrons. The number of nitrogens with two attached hydrogens (primary N) is 1. The van der Waals surface area contributed by atoms with Crippen molar-refractivity contribution < 1.29 is 22.7 Å². The second-order valence-electron chi connectivity index (χ2n) is 6.31. The summed E-state index contributed by atoms with van der Waals surface area (Å²) in [6.45, 7) is 6.54. The van der Waals surface area contributed by atoms with Gasteiger partial charge in [-0.15, -0.1) is 0 Å². The molecule has 0 fully saturated rings. The van der Waals surface area contributed by atoms with Crippen molar-refractivity contribution in [1.29, 1.82) is 0 Å². The highest BCUT2D eigenvalue weighted by atomic mass is 32.2. The Bertz CT molecular complexity index is 999. The Balaban J connectivity index is 2.18. The fraction of sp³-hybridized carbons (Fsp3) is 0.263. The van der Waals surface area contributed by atoms with Gasteiger partial charge in [-0.1, -0.05) is 18.2 Å². The maximum Gasteiger partial charge on any atom is 0.338 e. The van der Waals surface area contributed by atoms with E-state index in [2.05, 4.69) is 5.32 Å². The van der Waals surface area contributed by atoms with E-state index < -0.39 is 28.0 Å². The molecule has 1 unspecified atom stereocenters. The van der Waals surface area contributed by atoms with Gasteiger partial charge in [-0.3, -0.25) is 4.79 Å². The molecule has 3 N–H and O–H groups in total. The Hall–Kier alpha value is -2.71. The number of sulfonamides is 1. The maximum absolute atomic E-state index is 12.4. The van der Waals surface area contributed by atoms with Gasteiger partial charge in [-0.2, -0.15) is 0 Å². The lowest BCUT2D eigenvalue weighted by Gasteiger charge is -2.16. The molecule has 2 aromatic carbocycles. The van der Waals surface area contributed by atoms with Crippen LogP contribution < -0.4 is 10.5 Å². The zero-order valence-electron chi connectivity index (χ0n) is 15.6. The molecule has 0 aromatic heterocycles. The van der Waals surface area contributed by atoms with Crippen LogP contribution in [0.4, 0.5) is 5.69 Å². The number of hydrogen-bond acceptors (Lipinski definition) is 5. The van der Waals surface area contributed by atoms with E-state index in [9.17, 15) is 18.0 Å². The summed E-state index contributed by atoms with van der Waals surface area (Å²) in [5.74, 6) is -1.30. The second kappa shape index (κ2) is 7.89. The molecule has 1 atom stereocenters. The van der Waals surface area contributed by atoms with Crippen LogP contribution in [-0.4, -0.2) is 26.4 Å². The van der Waals surface area contributed by atoms with Crippen molar-refractivity contribution in [2.45, 2.75) is 38.7 Å². The van der Waals surface area contributed by atoms with E-state index in [1.54, 1.807) is 26.0 Å². The van der Waals surface area contributed by atoms with Crippen molar-refractivity contribution in [3.05, 3.63) is 58.7 Å². The predicted molar refractivity (Wildman–Crippen MR) is 102 cm³/mol. The number of carbonyl (C=O) groups is 2. The van der Waals surface area contributed by atoms with Crippen molar-refractivity contribution >= 4 is 27.6 Å². The molecular formula is C19H22N2O5S. The van der Waals surface area contributed by atoms with Gasteiger partial charge in [-0.05, 0) is 62.6 Å². The van der Waals surface area contributed by atoms with Gasteiger partial charge in [0.2, 0.25) is 10.0 Å². The Labute approximate surface area is 158 Å². The molecule has 0 saturated carbocycles.